The molecule has 0 atom stereocenters. The van der Waals surface area contributed by atoms with E-state index in [4.69, 9.17) is 0 Å². The molecular weight excluding hydrogens is 257 g/mol. The maximum absolute atomic E-state index is 12.3. The minimum Gasteiger partial charge on any atom is -0.328 e. The van der Waals surface area contributed by atoms with Crippen molar-refractivity contribution in [3.05, 3.63) is 24.8 Å². The van der Waals surface area contributed by atoms with E-state index in [9.17, 15) is 13.2 Å². The zero-order chi connectivity index (χ0) is 13.9. The van der Waals surface area contributed by atoms with Crippen LogP contribution in [0.2, 0.25) is 0 Å². The molecule has 0 aliphatic heterocycles. The van der Waals surface area contributed by atoms with Crippen molar-refractivity contribution in [1.82, 2.24) is 19.1 Å². The number of nitrogens with zero attached hydrogens (tertiary/aromatic N) is 4. The van der Waals surface area contributed by atoms with Gasteiger partial charge in [-0.05, 0) is 6.42 Å². The fourth-order valence-corrected chi connectivity index (χ4v) is 1.88. The van der Waals surface area contributed by atoms with Crippen LogP contribution >= 0.6 is 0 Å². The van der Waals surface area contributed by atoms with Gasteiger partial charge in [-0.3, -0.25) is 0 Å². The fraction of sp³-hybridized carbons (Fsp3) is 0.500. The SMILES string of the molecule is CCCn1ccnc1-c1nccn1CCC(F)(F)F. The Bertz CT molecular complexity index is 527. The molecule has 0 radical (unpaired) electrons. The third kappa shape index (κ3) is 3.36. The number of imidazole rings is 2. The predicted octanol–water partition coefficient (Wildman–Crippen LogP) is 3.11. The van der Waals surface area contributed by atoms with E-state index in [-0.39, 0.29) is 6.54 Å². The average molecular weight is 272 g/mol. The molecule has 0 unspecified atom stereocenters. The van der Waals surface area contributed by atoms with Crippen LogP contribution in [0.15, 0.2) is 24.8 Å². The molecule has 104 valence electrons. The number of halogens is 3. The number of hydrogen-bond acceptors (Lipinski definition) is 2. The minimum atomic E-state index is -4.17. The van der Waals surface area contributed by atoms with Crippen LogP contribution in [0.4, 0.5) is 13.2 Å². The first-order valence-corrected chi connectivity index (χ1v) is 6.10. The molecule has 0 fully saturated rings. The Balaban J connectivity index is 2.21. The van der Waals surface area contributed by atoms with Gasteiger partial charge in [-0.1, -0.05) is 6.92 Å². The van der Waals surface area contributed by atoms with E-state index >= 15 is 0 Å². The molecule has 0 aliphatic carbocycles. The van der Waals surface area contributed by atoms with Crippen LogP contribution in [0.1, 0.15) is 19.8 Å². The van der Waals surface area contributed by atoms with Crippen LogP contribution in [0.5, 0.6) is 0 Å². The van der Waals surface area contributed by atoms with E-state index in [2.05, 4.69) is 9.97 Å². The number of aryl methyl sites for hydroxylation is 2. The van der Waals surface area contributed by atoms with Crippen molar-refractivity contribution in [1.29, 1.82) is 0 Å². The van der Waals surface area contributed by atoms with Crippen molar-refractivity contribution in [2.75, 3.05) is 0 Å². The Morgan fingerprint density at radius 2 is 1.53 bits per heavy atom. The fourth-order valence-electron chi connectivity index (χ4n) is 1.88. The summed E-state index contributed by atoms with van der Waals surface area (Å²) < 4.78 is 40.2. The summed E-state index contributed by atoms with van der Waals surface area (Å²) in [5, 5.41) is 0. The van der Waals surface area contributed by atoms with Gasteiger partial charge >= 0.3 is 6.18 Å². The average Bonchev–Trinajstić information content (AvgIpc) is 2.93. The van der Waals surface area contributed by atoms with E-state index < -0.39 is 12.6 Å². The first-order chi connectivity index (χ1) is 9.01. The molecule has 19 heavy (non-hydrogen) atoms. The van der Waals surface area contributed by atoms with Crippen molar-refractivity contribution < 1.29 is 13.2 Å². The number of hydrogen-bond donors (Lipinski definition) is 0. The van der Waals surface area contributed by atoms with Crippen LogP contribution in [0, 0.1) is 0 Å². The van der Waals surface area contributed by atoms with E-state index in [0.717, 1.165) is 13.0 Å². The van der Waals surface area contributed by atoms with Crippen LogP contribution < -0.4 is 0 Å². The monoisotopic (exact) mass is 272 g/mol. The van der Waals surface area contributed by atoms with Crippen LogP contribution in [0.3, 0.4) is 0 Å². The maximum atomic E-state index is 12.3. The Morgan fingerprint density at radius 1 is 1.00 bits per heavy atom. The maximum Gasteiger partial charge on any atom is 0.390 e. The van der Waals surface area contributed by atoms with Gasteiger partial charge in [0, 0.05) is 37.9 Å². The van der Waals surface area contributed by atoms with Crippen molar-refractivity contribution in [2.45, 2.75) is 39.0 Å². The molecular formula is C12H15F3N4. The van der Waals surface area contributed by atoms with E-state index in [0.29, 0.717) is 11.6 Å². The largest absolute Gasteiger partial charge is 0.390 e. The lowest BCUT2D eigenvalue weighted by Crippen LogP contribution is -2.13. The topological polar surface area (TPSA) is 35.6 Å². The summed E-state index contributed by atoms with van der Waals surface area (Å²) in [6, 6.07) is 0. The summed E-state index contributed by atoms with van der Waals surface area (Å²) in [7, 11) is 0. The first kappa shape index (κ1) is 13.6. The summed E-state index contributed by atoms with van der Waals surface area (Å²) in [6.45, 7) is 2.65. The second kappa shape index (κ2) is 5.46. The quantitative estimate of drug-likeness (QED) is 0.838. The van der Waals surface area contributed by atoms with Crippen molar-refractivity contribution >= 4 is 0 Å². The molecule has 2 heterocycles. The molecule has 0 aliphatic rings. The molecule has 0 amide bonds. The van der Waals surface area contributed by atoms with Gasteiger partial charge in [-0.15, -0.1) is 0 Å². The van der Waals surface area contributed by atoms with Gasteiger partial charge in [0.2, 0.25) is 0 Å². The summed E-state index contributed by atoms with van der Waals surface area (Å²) in [4.78, 5) is 8.30. The van der Waals surface area contributed by atoms with E-state index in [1.165, 1.54) is 10.8 Å². The summed E-state index contributed by atoms with van der Waals surface area (Å²) in [5.74, 6) is 1.08. The molecule has 0 aromatic carbocycles. The lowest BCUT2D eigenvalue weighted by Gasteiger charge is -2.11. The minimum absolute atomic E-state index is 0.141. The highest BCUT2D eigenvalue weighted by Gasteiger charge is 2.27. The molecule has 7 heteroatoms. The highest BCUT2D eigenvalue weighted by molar-refractivity contribution is 5.44. The zero-order valence-electron chi connectivity index (χ0n) is 10.6. The summed E-state index contributed by atoms with van der Waals surface area (Å²) >= 11 is 0. The molecule has 0 N–H and O–H groups in total. The Labute approximate surface area is 108 Å². The lowest BCUT2D eigenvalue weighted by molar-refractivity contribution is -0.136. The third-order valence-electron chi connectivity index (χ3n) is 2.73. The Hall–Kier alpha value is -1.79. The standard InChI is InChI=1S/C12H15F3N4/c1-2-6-18-8-4-16-10(18)11-17-5-9-19(11)7-3-12(13,14)15/h4-5,8-9H,2-3,6-7H2,1H3. The number of rotatable bonds is 5. The van der Waals surface area contributed by atoms with Crippen molar-refractivity contribution in [2.24, 2.45) is 0 Å². The third-order valence-corrected chi connectivity index (χ3v) is 2.73. The van der Waals surface area contributed by atoms with Crippen LogP contribution in [0.25, 0.3) is 11.6 Å². The van der Waals surface area contributed by atoms with Crippen LogP contribution in [-0.4, -0.2) is 25.3 Å². The molecule has 2 aromatic heterocycles. The highest BCUT2D eigenvalue weighted by Crippen LogP contribution is 2.22. The lowest BCUT2D eigenvalue weighted by atomic mass is 10.4. The van der Waals surface area contributed by atoms with E-state index in [1.807, 2.05) is 17.7 Å². The highest BCUT2D eigenvalue weighted by atomic mass is 19.4. The molecule has 0 saturated carbocycles. The van der Waals surface area contributed by atoms with Crippen molar-refractivity contribution in [3.8, 4) is 11.6 Å². The molecule has 2 aromatic rings. The number of alkyl halides is 3. The second-order valence-corrected chi connectivity index (χ2v) is 4.25. The van der Waals surface area contributed by atoms with Gasteiger partial charge in [0.15, 0.2) is 11.6 Å². The second-order valence-electron chi connectivity index (χ2n) is 4.25. The Kier molecular flexibility index (Phi) is 3.92. The predicted molar refractivity (Wildman–Crippen MR) is 64.4 cm³/mol. The summed E-state index contributed by atoms with van der Waals surface area (Å²) in [6.07, 6.45) is 2.37. The molecule has 0 saturated heterocycles. The molecule has 2 rings (SSSR count). The van der Waals surface area contributed by atoms with Gasteiger partial charge in [0.05, 0.1) is 6.42 Å². The van der Waals surface area contributed by atoms with Gasteiger partial charge in [0.25, 0.3) is 0 Å². The molecule has 4 nitrogen and oxygen atoms in total. The molecule has 0 spiro atoms. The van der Waals surface area contributed by atoms with Gasteiger partial charge in [-0.2, -0.15) is 13.2 Å². The van der Waals surface area contributed by atoms with Gasteiger partial charge < -0.3 is 9.13 Å². The smallest absolute Gasteiger partial charge is 0.328 e. The summed E-state index contributed by atoms with van der Waals surface area (Å²) in [5.41, 5.74) is 0. The van der Waals surface area contributed by atoms with E-state index in [1.54, 1.807) is 12.4 Å². The van der Waals surface area contributed by atoms with Gasteiger partial charge in [0.1, 0.15) is 0 Å². The van der Waals surface area contributed by atoms with Gasteiger partial charge in [-0.25, -0.2) is 9.97 Å². The molecule has 0 bridgehead atoms. The normalized spacial score (nSPS) is 12.0. The first-order valence-electron chi connectivity index (χ1n) is 6.10. The van der Waals surface area contributed by atoms with Crippen molar-refractivity contribution in [3.63, 3.8) is 0 Å². The Morgan fingerprint density at radius 3 is 2.00 bits per heavy atom. The van der Waals surface area contributed by atoms with Crippen LogP contribution in [-0.2, 0) is 13.1 Å². The number of aromatic nitrogens is 4. The zero-order valence-corrected chi connectivity index (χ0v) is 10.6.